The lowest BCUT2D eigenvalue weighted by atomic mass is 10.1. The minimum atomic E-state index is -3.95. The fourth-order valence-electron chi connectivity index (χ4n) is 1.63. The van der Waals surface area contributed by atoms with Gasteiger partial charge in [0, 0.05) is 13.1 Å². The van der Waals surface area contributed by atoms with Crippen LogP contribution in [0, 0.1) is 0 Å². The van der Waals surface area contributed by atoms with Gasteiger partial charge >= 0.3 is 10.3 Å². The van der Waals surface area contributed by atoms with E-state index >= 15 is 0 Å². The summed E-state index contributed by atoms with van der Waals surface area (Å²) in [7, 11) is -3.95. The molecule has 1 aliphatic heterocycles. The van der Waals surface area contributed by atoms with Crippen LogP contribution in [-0.2, 0) is 10.3 Å². The van der Waals surface area contributed by atoms with Crippen LogP contribution in [0.25, 0.3) is 0 Å². The second kappa shape index (κ2) is 4.93. The van der Waals surface area contributed by atoms with Crippen LogP contribution in [0.5, 0.6) is 0 Å². The quantitative estimate of drug-likeness (QED) is 0.662. The van der Waals surface area contributed by atoms with Crippen molar-refractivity contribution in [2.45, 2.75) is 38.5 Å². The molecule has 78 valence electrons. The molecule has 0 aromatic rings. The Balaban J connectivity index is 2.51. The van der Waals surface area contributed by atoms with E-state index in [2.05, 4.69) is 0 Å². The van der Waals surface area contributed by atoms with Crippen LogP contribution in [0.3, 0.4) is 0 Å². The van der Waals surface area contributed by atoms with Crippen molar-refractivity contribution in [1.82, 2.24) is 4.31 Å². The Labute approximate surface area is 79.8 Å². The molecule has 1 rings (SSSR count). The summed E-state index contributed by atoms with van der Waals surface area (Å²) < 4.78 is 31.7. The molecule has 0 saturated carbocycles. The van der Waals surface area contributed by atoms with Crippen molar-refractivity contribution in [2.24, 2.45) is 0 Å². The maximum absolute atomic E-state index is 10.8. The molecule has 0 amide bonds. The van der Waals surface area contributed by atoms with Gasteiger partial charge in [-0.3, -0.25) is 4.55 Å². The highest BCUT2D eigenvalue weighted by Crippen LogP contribution is 2.12. The summed E-state index contributed by atoms with van der Waals surface area (Å²) in [6.45, 7) is 0.942. The van der Waals surface area contributed by atoms with Crippen molar-refractivity contribution in [3.05, 3.63) is 0 Å². The van der Waals surface area contributed by atoms with E-state index in [-0.39, 0.29) is 0 Å². The molecule has 0 bridgehead atoms. The van der Waals surface area contributed by atoms with E-state index in [1.165, 1.54) is 17.1 Å². The zero-order chi connectivity index (χ0) is 9.73. The highest BCUT2D eigenvalue weighted by atomic mass is 32.2. The zero-order valence-corrected chi connectivity index (χ0v) is 8.59. The van der Waals surface area contributed by atoms with E-state index < -0.39 is 10.3 Å². The molecule has 1 heterocycles. The molecule has 0 atom stereocenters. The van der Waals surface area contributed by atoms with Crippen LogP contribution in [0.15, 0.2) is 0 Å². The average Bonchev–Trinajstić information content (AvgIpc) is 2.14. The van der Waals surface area contributed by atoms with Crippen LogP contribution >= 0.6 is 0 Å². The van der Waals surface area contributed by atoms with E-state index in [0.717, 1.165) is 25.7 Å². The molecule has 0 aromatic carbocycles. The molecule has 0 radical (unpaired) electrons. The van der Waals surface area contributed by atoms with Crippen molar-refractivity contribution in [2.75, 3.05) is 13.1 Å². The Hall–Kier alpha value is -0.130. The smallest absolute Gasteiger partial charge is 0.273 e. The Morgan fingerprint density at radius 1 is 0.846 bits per heavy atom. The maximum atomic E-state index is 10.8. The van der Waals surface area contributed by atoms with Crippen LogP contribution in [-0.4, -0.2) is 30.4 Å². The van der Waals surface area contributed by atoms with Gasteiger partial charge in [-0.2, -0.15) is 12.7 Å². The Kier molecular flexibility index (Phi) is 4.15. The number of hydrogen-bond donors (Lipinski definition) is 1. The Morgan fingerprint density at radius 2 is 1.23 bits per heavy atom. The lowest BCUT2D eigenvalue weighted by Gasteiger charge is -2.16. The van der Waals surface area contributed by atoms with E-state index in [4.69, 9.17) is 4.55 Å². The molecule has 1 aliphatic rings. The highest BCUT2D eigenvalue weighted by Gasteiger charge is 2.18. The summed E-state index contributed by atoms with van der Waals surface area (Å²) in [5.74, 6) is 0. The standard InChI is InChI=1S/C8H17NO3S/c10-13(11,12)9-7-5-3-1-2-4-6-8-9/h1-8H2,(H,10,11,12). The maximum Gasteiger partial charge on any atom is 0.335 e. The fraction of sp³-hybridized carbons (Fsp3) is 1.00. The molecular formula is C8H17NO3S. The molecule has 0 aliphatic carbocycles. The summed E-state index contributed by atoms with van der Waals surface area (Å²) in [6, 6.07) is 0. The van der Waals surface area contributed by atoms with E-state index in [0.29, 0.717) is 13.1 Å². The summed E-state index contributed by atoms with van der Waals surface area (Å²) >= 11 is 0. The van der Waals surface area contributed by atoms with Gasteiger partial charge in [-0.25, -0.2) is 0 Å². The first-order chi connectivity index (χ1) is 6.11. The predicted octanol–water partition coefficient (Wildman–Crippen LogP) is 1.45. The predicted molar refractivity (Wildman–Crippen MR) is 50.8 cm³/mol. The largest absolute Gasteiger partial charge is 0.335 e. The number of rotatable bonds is 1. The molecule has 1 saturated heterocycles. The van der Waals surface area contributed by atoms with Crippen LogP contribution in [0.2, 0.25) is 0 Å². The molecule has 5 heteroatoms. The van der Waals surface area contributed by atoms with Crippen molar-refractivity contribution < 1.29 is 13.0 Å². The lowest BCUT2D eigenvalue weighted by Crippen LogP contribution is -2.32. The van der Waals surface area contributed by atoms with Crippen molar-refractivity contribution >= 4 is 10.3 Å². The Bertz CT molecular complexity index is 228. The van der Waals surface area contributed by atoms with Crippen molar-refractivity contribution in [1.29, 1.82) is 0 Å². The Morgan fingerprint density at radius 3 is 1.62 bits per heavy atom. The summed E-state index contributed by atoms with van der Waals surface area (Å²) in [4.78, 5) is 0. The van der Waals surface area contributed by atoms with Crippen molar-refractivity contribution in [3.63, 3.8) is 0 Å². The average molecular weight is 207 g/mol. The molecule has 0 unspecified atom stereocenters. The SMILES string of the molecule is O=S(=O)(O)N1CCCCCCCC1. The molecular weight excluding hydrogens is 190 g/mol. The second-order valence-corrected chi connectivity index (χ2v) is 4.91. The van der Waals surface area contributed by atoms with Gasteiger partial charge in [-0.1, -0.05) is 25.7 Å². The molecule has 0 spiro atoms. The van der Waals surface area contributed by atoms with Gasteiger partial charge in [-0.15, -0.1) is 0 Å². The van der Waals surface area contributed by atoms with Gasteiger partial charge < -0.3 is 0 Å². The van der Waals surface area contributed by atoms with Gasteiger partial charge in [0.2, 0.25) is 0 Å². The highest BCUT2D eigenvalue weighted by molar-refractivity contribution is 7.83. The van der Waals surface area contributed by atoms with E-state index in [1.54, 1.807) is 0 Å². The normalized spacial score (nSPS) is 23.2. The topological polar surface area (TPSA) is 57.6 Å². The summed E-state index contributed by atoms with van der Waals surface area (Å²) in [5.41, 5.74) is 0. The summed E-state index contributed by atoms with van der Waals surface area (Å²) in [5, 5.41) is 0. The third kappa shape index (κ3) is 4.06. The minimum Gasteiger partial charge on any atom is -0.273 e. The first kappa shape index (κ1) is 10.9. The summed E-state index contributed by atoms with van der Waals surface area (Å²) in [6.07, 6.45) is 6.20. The van der Waals surface area contributed by atoms with Crippen LogP contribution in [0.1, 0.15) is 38.5 Å². The first-order valence-electron chi connectivity index (χ1n) is 4.83. The molecule has 0 aromatic heterocycles. The molecule has 13 heavy (non-hydrogen) atoms. The van der Waals surface area contributed by atoms with E-state index in [9.17, 15) is 8.42 Å². The second-order valence-electron chi connectivity index (χ2n) is 3.50. The number of nitrogens with zero attached hydrogens (tertiary/aromatic N) is 1. The van der Waals surface area contributed by atoms with Crippen molar-refractivity contribution in [3.8, 4) is 0 Å². The van der Waals surface area contributed by atoms with Gasteiger partial charge in [0.1, 0.15) is 0 Å². The van der Waals surface area contributed by atoms with Gasteiger partial charge in [0.05, 0.1) is 0 Å². The fourth-order valence-corrected chi connectivity index (χ4v) is 2.35. The van der Waals surface area contributed by atoms with Crippen LogP contribution < -0.4 is 0 Å². The monoisotopic (exact) mass is 207 g/mol. The van der Waals surface area contributed by atoms with Gasteiger partial charge in [0.15, 0.2) is 0 Å². The third-order valence-electron chi connectivity index (χ3n) is 2.39. The lowest BCUT2D eigenvalue weighted by molar-refractivity contribution is 0.345. The first-order valence-corrected chi connectivity index (χ1v) is 6.23. The van der Waals surface area contributed by atoms with Crippen LogP contribution in [0.4, 0.5) is 0 Å². The molecule has 4 nitrogen and oxygen atoms in total. The zero-order valence-electron chi connectivity index (χ0n) is 7.78. The number of hydrogen-bond acceptors (Lipinski definition) is 2. The van der Waals surface area contributed by atoms with E-state index in [1.807, 2.05) is 0 Å². The third-order valence-corrected chi connectivity index (χ3v) is 3.41. The van der Waals surface area contributed by atoms with Gasteiger partial charge in [-0.05, 0) is 12.8 Å². The molecule has 1 fully saturated rings. The van der Waals surface area contributed by atoms with Gasteiger partial charge in [0.25, 0.3) is 0 Å². The molecule has 1 N–H and O–H groups in total. The minimum absolute atomic E-state index is 0.471.